The minimum atomic E-state index is -0.518. The SMILES string of the molecule is C[C@H](SCc1ccco1)C(=O)Nc1ccccc1[N+](=O)[O-]. The van der Waals surface area contributed by atoms with Crippen LogP contribution in [0.2, 0.25) is 0 Å². The Hall–Kier alpha value is -2.28. The summed E-state index contributed by atoms with van der Waals surface area (Å²) in [5, 5.41) is 13.1. The lowest BCUT2D eigenvalue weighted by molar-refractivity contribution is -0.383. The van der Waals surface area contributed by atoms with Crippen LogP contribution in [-0.2, 0) is 10.5 Å². The lowest BCUT2D eigenvalue weighted by atomic mass is 10.2. The zero-order chi connectivity index (χ0) is 15.2. The average molecular weight is 306 g/mol. The molecule has 0 spiro atoms. The third kappa shape index (κ3) is 4.09. The van der Waals surface area contributed by atoms with Gasteiger partial charge in [0.2, 0.25) is 5.91 Å². The van der Waals surface area contributed by atoms with Gasteiger partial charge in [0.1, 0.15) is 11.4 Å². The van der Waals surface area contributed by atoms with Crippen molar-refractivity contribution in [2.75, 3.05) is 5.32 Å². The number of carbonyl (C=O) groups is 1. The van der Waals surface area contributed by atoms with Gasteiger partial charge < -0.3 is 9.73 Å². The summed E-state index contributed by atoms with van der Waals surface area (Å²) in [6, 6.07) is 9.69. The van der Waals surface area contributed by atoms with Gasteiger partial charge in [-0.3, -0.25) is 14.9 Å². The molecule has 0 unspecified atom stereocenters. The van der Waals surface area contributed by atoms with Crippen molar-refractivity contribution in [3.8, 4) is 0 Å². The van der Waals surface area contributed by atoms with E-state index in [4.69, 9.17) is 4.42 Å². The molecule has 0 bridgehead atoms. The van der Waals surface area contributed by atoms with Gasteiger partial charge in [0.25, 0.3) is 5.69 Å². The van der Waals surface area contributed by atoms with E-state index >= 15 is 0 Å². The number of hydrogen-bond acceptors (Lipinski definition) is 5. The van der Waals surface area contributed by atoms with Crippen molar-refractivity contribution in [3.63, 3.8) is 0 Å². The van der Waals surface area contributed by atoms with E-state index in [1.54, 1.807) is 31.4 Å². The molecule has 0 aliphatic heterocycles. The second-order valence-electron chi connectivity index (χ2n) is 4.30. The summed E-state index contributed by atoms with van der Waals surface area (Å²) in [5.74, 6) is 1.07. The van der Waals surface area contributed by atoms with E-state index < -0.39 is 4.92 Å². The zero-order valence-electron chi connectivity index (χ0n) is 11.3. The van der Waals surface area contributed by atoms with Crippen LogP contribution >= 0.6 is 11.8 Å². The molecule has 0 fully saturated rings. The van der Waals surface area contributed by atoms with Crippen molar-refractivity contribution >= 4 is 29.0 Å². The van der Waals surface area contributed by atoms with Crippen molar-refractivity contribution < 1.29 is 14.1 Å². The Morgan fingerprint density at radius 2 is 2.14 bits per heavy atom. The van der Waals surface area contributed by atoms with Gasteiger partial charge in [-0.1, -0.05) is 12.1 Å². The Morgan fingerprint density at radius 3 is 2.81 bits per heavy atom. The molecule has 21 heavy (non-hydrogen) atoms. The maximum absolute atomic E-state index is 12.1. The molecule has 0 aliphatic carbocycles. The van der Waals surface area contributed by atoms with E-state index in [-0.39, 0.29) is 22.5 Å². The number of nitro groups is 1. The van der Waals surface area contributed by atoms with Crippen LogP contribution in [0.4, 0.5) is 11.4 Å². The lowest BCUT2D eigenvalue weighted by Crippen LogP contribution is -2.23. The van der Waals surface area contributed by atoms with E-state index in [1.165, 1.54) is 23.9 Å². The molecule has 1 heterocycles. The minimum Gasteiger partial charge on any atom is -0.468 e. The van der Waals surface area contributed by atoms with Crippen molar-refractivity contribution in [2.24, 2.45) is 0 Å². The molecule has 0 saturated carbocycles. The predicted octanol–water partition coefficient (Wildman–Crippen LogP) is 3.45. The fourth-order valence-corrected chi connectivity index (χ4v) is 2.44. The summed E-state index contributed by atoms with van der Waals surface area (Å²) in [4.78, 5) is 22.4. The highest BCUT2D eigenvalue weighted by molar-refractivity contribution is 7.99. The Kier molecular flexibility index (Phi) is 4.99. The van der Waals surface area contributed by atoms with Crippen LogP contribution < -0.4 is 5.32 Å². The first-order valence-electron chi connectivity index (χ1n) is 6.26. The van der Waals surface area contributed by atoms with Crippen LogP contribution in [0, 0.1) is 10.1 Å². The molecule has 0 saturated heterocycles. The standard InChI is InChI=1S/C14H14N2O4S/c1-10(21-9-11-5-4-8-20-11)14(17)15-12-6-2-3-7-13(12)16(18)19/h2-8,10H,9H2,1H3,(H,15,17)/t10-/m0/s1. The second kappa shape index (κ2) is 6.94. The zero-order valence-corrected chi connectivity index (χ0v) is 12.1. The van der Waals surface area contributed by atoms with Crippen molar-refractivity contribution in [1.29, 1.82) is 0 Å². The Morgan fingerprint density at radius 1 is 1.38 bits per heavy atom. The normalized spacial score (nSPS) is 11.9. The summed E-state index contributed by atoms with van der Waals surface area (Å²) in [7, 11) is 0. The van der Waals surface area contributed by atoms with E-state index in [2.05, 4.69) is 5.32 Å². The topological polar surface area (TPSA) is 85.4 Å². The van der Waals surface area contributed by atoms with E-state index in [1.807, 2.05) is 6.07 Å². The van der Waals surface area contributed by atoms with Crippen LogP contribution in [0.5, 0.6) is 0 Å². The van der Waals surface area contributed by atoms with Gasteiger partial charge in [-0.05, 0) is 25.1 Å². The van der Waals surface area contributed by atoms with Gasteiger partial charge in [0.05, 0.1) is 22.2 Å². The van der Waals surface area contributed by atoms with Crippen molar-refractivity contribution in [3.05, 3.63) is 58.5 Å². The van der Waals surface area contributed by atoms with Crippen LogP contribution in [0.1, 0.15) is 12.7 Å². The Bertz CT molecular complexity index is 628. The number of nitrogens with zero attached hydrogens (tertiary/aromatic N) is 1. The first-order valence-corrected chi connectivity index (χ1v) is 7.31. The summed E-state index contributed by atoms with van der Waals surface area (Å²) < 4.78 is 5.19. The van der Waals surface area contributed by atoms with Crippen LogP contribution in [0.15, 0.2) is 47.1 Å². The highest BCUT2D eigenvalue weighted by Gasteiger charge is 2.19. The molecule has 2 aromatic rings. The maximum Gasteiger partial charge on any atom is 0.292 e. The number of para-hydroxylation sites is 2. The number of nitro benzene ring substituents is 1. The molecular weight excluding hydrogens is 292 g/mol. The first-order chi connectivity index (χ1) is 10.1. The van der Waals surface area contributed by atoms with Gasteiger partial charge >= 0.3 is 0 Å². The van der Waals surface area contributed by atoms with Gasteiger partial charge in [0.15, 0.2) is 0 Å². The Balaban J connectivity index is 1.96. The molecule has 110 valence electrons. The summed E-state index contributed by atoms with van der Waals surface area (Å²) in [6.45, 7) is 1.75. The third-order valence-corrected chi connectivity index (χ3v) is 3.95. The fraction of sp³-hybridized carbons (Fsp3) is 0.214. The number of rotatable bonds is 6. The Labute approximate surface area is 125 Å². The van der Waals surface area contributed by atoms with Crippen LogP contribution in [-0.4, -0.2) is 16.1 Å². The summed E-state index contributed by atoms with van der Waals surface area (Å²) in [5.41, 5.74) is 0.0898. The quantitative estimate of drug-likeness (QED) is 0.652. The maximum atomic E-state index is 12.1. The molecule has 2 rings (SSSR count). The molecule has 1 atom stereocenters. The number of hydrogen-bond donors (Lipinski definition) is 1. The lowest BCUT2D eigenvalue weighted by Gasteiger charge is -2.11. The van der Waals surface area contributed by atoms with E-state index in [9.17, 15) is 14.9 Å². The molecule has 1 aromatic heterocycles. The number of furan rings is 1. The number of nitrogens with one attached hydrogen (secondary N) is 1. The van der Waals surface area contributed by atoms with Gasteiger partial charge in [-0.15, -0.1) is 11.8 Å². The fourth-order valence-electron chi connectivity index (χ4n) is 1.65. The minimum absolute atomic E-state index is 0.117. The summed E-state index contributed by atoms with van der Waals surface area (Å²) >= 11 is 1.40. The number of benzene rings is 1. The number of anilines is 1. The molecular formula is C14H14N2O4S. The molecule has 0 radical (unpaired) electrons. The molecule has 1 aromatic carbocycles. The van der Waals surface area contributed by atoms with E-state index in [0.29, 0.717) is 5.75 Å². The smallest absolute Gasteiger partial charge is 0.292 e. The molecule has 6 nitrogen and oxygen atoms in total. The number of carbonyl (C=O) groups excluding carboxylic acids is 1. The van der Waals surface area contributed by atoms with E-state index in [0.717, 1.165) is 5.76 Å². The van der Waals surface area contributed by atoms with Gasteiger partial charge in [0, 0.05) is 6.07 Å². The van der Waals surface area contributed by atoms with Crippen molar-refractivity contribution in [2.45, 2.75) is 17.9 Å². The third-order valence-electron chi connectivity index (χ3n) is 2.78. The molecule has 7 heteroatoms. The first kappa shape index (κ1) is 15.1. The predicted molar refractivity (Wildman–Crippen MR) is 81.2 cm³/mol. The van der Waals surface area contributed by atoms with Gasteiger partial charge in [-0.25, -0.2) is 0 Å². The second-order valence-corrected chi connectivity index (χ2v) is 5.63. The van der Waals surface area contributed by atoms with Crippen LogP contribution in [0.3, 0.4) is 0 Å². The van der Waals surface area contributed by atoms with Crippen LogP contribution in [0.25, 0.3) is 0 Å². The molecule has 1 N–H and O–H groups in total. The highest BCUT2D eigenvalue weighted by atomic mass is 32.2. The van der Waals surface area contributed by atoms with Crippen molar-refractivity contribution in [1.82, 2.24) is 0 Å². The summed E-state index contributed by atoms with van der Waals surface area (Å²) in [6.07, 6.45) is 1.58. The largest absolute Gasteiger partial charge is 0.468 e. The molecule has 0 aliphatic rings. The van der Waals surface area contributed by atoms with Gasteiger partial charge in [-0.2, -0.15) is 0 Å². The number of thioether (sulfide) groups is 1. The highest BCUT2D eigenvalue weighted by Crippen LogP contribution is 2.25. The molecule has 1 amide bonds. The average Bonchev–Trinajstić information content (AvgIpc) is 2.98. The number of amides is 1. The monoisotopic (exact) mass is 306 g/mol.